The molecule has 0 aliphatic carbocycles. The summed E-state index contributed by atoms with van der Waals surface area (Å²) in [5.74, 6) is -1.94. The Morgan fingerprint density at radius 3 is 2.21 bits per heavy atom. The summed E-state index contributed by atoms with van der Waals surface area (Å²) in [5, 5.41) is 11.5. The number of ketones is 1. The highest BCUT2D eigenvalue weighted by atomic mass is 16.5. The summed E-state index contributed by atoms with van der Waals surface area (Å²) in [5.41, 5.74) is 1.16. The minimum atomic E-state index is -1.00. The zero-order chi connectivity index (χ0) is 27.4. The third-order valence-electron chi connectivity index (χ3n) is 6.04. The van der Waals surface area contributed by atoms with Crippen molar-refractivity contribution in [3.8, 4) is 11.5 Å². The van der Waals surface area contributed by atoms with Gasteiger partial charge >= 0.3 is 5.97 Å². The third kappa shape index (κ3) is 4.95. The van der Waals surface area contributed by atoms with Gasteiger partial charge in [0.05, 0.1) is 38.0 Å². The van der Waals surface area contributed by atoms with Crippen LogP contribution >= 0.6 is 0 Å². The molecule has 1 saturated heterocycles. The molecular formula is C29H28N2O7. The molecule has 1 N–H and O–H groups in total. The molecule has 4 rings (SSSR count). The second kappa shape index (κ2) is 11.2. The lowest BCUT2D eigenvalue weighted by atomic mass is 9.95. The van der Waals surface area contributed by atoms with Crippen molar-refractivity contribution in [3.05, 3.63) is 89.3 Å². The summed E-state index contributed by atoms with van der Waals surface area (Å²) >= 11 is 0. The van der Waals surface area contributed by atoms with E-state index in [-0.39, 0.29) is 35.2 Å². The molecule has 2 heterocycles. The highest BCUT2D eigenvalue weighted by molar-refractivity contribution is 6.51. The number of amides is 1. The van der Waals surface area contributed by atoms with Crippen LogP contribution in [0.2, 0.25) is 0 Å². The van der Waals surface area contributed by atoms with E-state index >= 15 is 0 Å². The van der Waals surface area contributed by atoms with Crippen molar-refractivity contribution in [2.75, 3.05) is 25.7 Å². The lowest BCUT2D eigenvalue weighted by Gasteiger charge is -2.25. The lowest BCUT2D eigenvalue weighted by molar-refractivity contribution is -0.132. The minimum Gasteiger partial charge on any atom is -0.506 e. The van der Waals surface area contributed by atoms with Crippen molar-refractivity contribution in [1.82, 2.24) is 4.98 Å². The molecule has 0 radical (unpaired) electrons. The SMILES string of the molecule is COc1cccc(OC)c1/C(O)=C1\C(=O)C(=O)N(c2ccc(C(=O)OCC(C)C)cc2)C1c1cccnc1. The molecule has 1 aromatic heterocycles. The molecule has 9 nitrogen and oxygen atoms in total. The van der Waals surface area contributed by atoms with Gasteiger partial charge in [-0.3, -0.25) is 19.5 Å². The van der Waals surface area contributed by atoms with Gasteiger partial charge in [-0.1, -0.05) is 26.0 Å². The highest BCUT2D eigenvalue weighted by Gasteiger charge is 2.47. The van der Waals surface area contributed by atoms with Gasteiger partial charge in [0.15, 0.2) is 0 Å². The Hall–Kier alpha value is -4.66. The zero-order valence-corrected chi connectivity index (χ0v) is 21.5. The van der Waals surface area contributed by atoms with Crippen LogP contribution in [0.3, 0.4) is 0 Å². The first kappa shape index (κ1) is 26.4. The molecule has 38 heavy (non-hydrogen) atoms. The molecule has 2 aromatic carbocycles. The Labute approximate surface area is 220 Å². The maximum Gasteiger partial charge on any atom is 0.338 e. The van der Waals surface area contributed by atoms with Gasteiger partial charge in [0.25, 0.3) is 11.7 Å². The van der Waals surface area contributed by atoms with Gasteiger partial charge in [-0.15, -0.1) is 0 Å². The number of carbonyl (C=O) groups is 3. The molecule has 196 valence electrons. The van der Waals surface area contributed by atoms with Gasteiger partial charge in [-0.25, -0.2) is 4.79 Å². The summed E-state index contributed by atoms with van der Waals surface area (Å²) in [7, 11) is 2.85. The second-order valence-corrected chi connectivity index (χ2v) is 9.03. The van der Waals surface area contributed by atoms with Gasteiger partial charge in [-0.05, 0) is 53.9 Å². The van der Waals surface area contributed by atoms with Crippen LogP contribution in [0.15, 0.2) is 72.6 Å². The summed E-state index contributed by atoms with van der Waals surface area (Å²) in [4.78, 5) is 44.6. The maximum atomic E-state index is 13.4. The Balaban J connectivity index is 1.84. The van der Waals surface area contributed by atoms with Crippen LogP contribution in [0, 0.1) is 5.92 Å². The fourth-order valence-corrected chi connectivity index (χ4v) is 4.26. The second-order valence-electron chi connectivity index (χ2n) is 9.03. The molecule has 1 fully saturated rings. The van der Waals surface area contributed by atoms with Crippen molar-refractivity contribution in [1.29, 1.82) is 0 Å². The Kier molecular flexibility index (Phi) is 7.76. The summed E-state index contributed by atoms with van der Waals surface area (Å²) in [6.07, 6.45) is 3.09. The number of methoxy groups -OCH3 is 2. The first-order chi connectivity index (χ1) is 18.3. The molecule has 1 atom stereocenters. The molecule has 0 saturated carbocycles. The molecule has 1 amide bonds. The Morgan fingerprint density at radius 1 is 1.00 bits per heavy atom. The molecule has 9 heteroatoms. The van der Waals surface area contributed by atoms with E-state index in [0.717, 1.165) is 0 Å². The average Bonchev–Trinajstić information content (AvgIpc) is 3.21. The van der Waals surface area contributed by atoms with Gasteiger partial charge in [0.2, 0.25) is 0 Å². The van der Waals surface area contributed by atoms with Gasteiger partial charge in [0, 0.05) is 18.1 Å². The first-order valence-corrected chi connectivity index (χ1v) is 12.0. The topological polar surface area (TPSA) is 115 Å². The van der Waals surface area contributed by atoms with Crippen LogP contribution in [-0.4, -0.2) is 48.6 Å². The molecule has 1 unspecified atom stereocenters. The molecule has 1 aliphatic rings. The monoisotopic (exact) mass is 516 g/mol. The van der Waals surface area contributed by atoms with Gasteiger partial charge in [-0.2, -0.15) is 0 Å². The van der Waals surface area contributed by atoms with E-state index in [0.29, 0.717) is 16.8 Å². The first-order valence-electron chi connectivity index (χ1n) is 12.0. The maximum absolute atomic E-state index is 13.4. The number of rotatable bonds is 8. The largest absolute Gasteiger partial charge is 0.506 e. The van der Waals surface area contributed by atoms with E-state index in [1.165, 1.54) is 37.4 Å². The smallest absolute Gasteiger partial charge is 0.338 e. The van der Waals surface area contributed by atoms with E-state index < -0.39 is 29.5 Å². The molecule has 1 aliphatic heterocycles. The number of anilines is 1. The fraction of sp³-hybridized carbons (Fsp3) is 0.241. The number of aliphatic hydroxyl groups excluding tert-OH is 1. The quantitative estimate of drug-likeness (QED) is 0.201. The van der Waals surface area contributed by atoms with Crippen molar-refractivity contribution in [3.63, 3.8) is 0 Å². The van der Waals surface area contributed by atoms with E-state index in [2.05, 4.69) is 4.98 Å². The number of hydrogen-bond acceptors (Lipinski definition) is 8. The van der Waals surface area contributed by atoms with Crippen LogP contribution in [0.1, 0.15) is 41.4 Å². The lowest BCUT2D eigenvalue weighted by Crippen LogP contribution is -2.29. The molecular weight excluding hydrogens is 488 g/mol. The van der Waals surface area contributed by atoms with Crippen LogP contribution in [0.4, 0.5) is 5.69 Å². The standard InChI is InChI=1S/C29H28N2O7/c1-17(2)16-38-29(35)18-10-12-20(13-11-18)31-25(19-7-6-14-30-15-19)24(27(33)28(31)34)26(32)23-21(36-3)8-5-9-22(23)37-4/h5-15,17,25,32H,16H2,1-4H3/b26-24+. The fourth-order valence-electron chi connectivity index (χ4n) is 4.26. The van der Waals surface area contributed by atoms with Crippen LogP contribution < -0.4 is 14.4 Å². The number of esters is 1. The number of Topliss-reactive ketones (excluding diaryl/α,β-unsaturated/α-hetero) is 1. The van der Waals surface area contributed by atoms with Crippen LogP contribution in [0.5, 0.6) is 11.5 Å². The number of aromatic nitrogens is 1. The van der Waals surface area contributed by atoms with E-state index in [9.17, 15) is 19.5 Å². The van der Waals surface area contributed by atoms with Crippen LogP contribution in [0.25, 0.3) is 5.76 Å². The number of nitrogens with zero attached hydrogens (tertiary/aromatic N) is 2. The van der Waals surface area contributed by atoms with E-state index in [1.54, 1.807) is 48.7 Å². The van der Waals surface area contributed by atoms with Gasteiger partial charge < -0.3 is 19.3 Å². The molecule has 0 bridgehead atoms. The zero-order valence-electron chi connectivity index (χ0n) is 21.5. The Bertz CT molecular complexity index is 1360. The number of benzene rings is 2. The minimum absolute atomic E-state index is 0.146. The summed E-state index contributed by atoms with van der Waals surface area (Å²) in [6, 6.07) is 13.5. The number of ether oxygens (including phenoxy) is 3. The predicted molar refractivity (Wildman–Crippen MR) is 140 cm³/mol. The normalized spacial score (nSPS) is 16.6. The third-order valence-corrected chi connectivity index (χ3v) is 6.04. The van der Waals surface area contributed by atoms with Crippen molar-refractivity contribution >= 4 is 29.1 Å². The number of pyridine rings is 1. The highest BCUT2D eigenvalue weighted by Crippen LogP contribution is 2.44. The summed E-state index contributed by atoms with van der Waals surface area (Å²) in [6.45, 7) is 4.15. The van der Waals surface area contributed by atoms with Gasteiger partial charge in [0.1, 0.15) is 22.8 Å². The molecule has 3 aromatic rings. The van der Waals surface area contributed by atoms with Crippen molar-refractivity contribution < 1.29 is 33.7 Å². The van der Waals surface area contributed by atoms with Crippen LogP contribution in [-0.2, 0) is 14.3 Å². The van der Waals surface area contributed by atoms with E-state index in [1.807, 2.05) is 13.8 Å². The predicted octanol–water partition coefficient (Wildman–Crippen LogP) is 4.54. The van der Waals surface area contributed by atoms with Crippen molar-refractivity contribution in [2.45, 2.75) is 19.9 Å². The van der Waals surface area contributed by atoms with Crippen molar-refractivity contribution in [2.24, 2.45) is 5.92 Å². The number of hydrogen-bond donors (Lipinski definition) is 1. The molecule has 0 spiro atoms. The average molecular weight is 517 g/mol. The number of aliphatic hydroxyl groups is 1. The summed E-state index contributed by atoms with van der Waals surface area (Å²) < 4.78 is 16.1. The van der Waals surface area contributed by atoms with E-state index in [4.69, 9.17) is 14.2 Å². The Morgan fingerprint density at radius 2 is 1.66 bits per heavy atom. The number of carbonyl (C=O) groups excluding carboxylic acids is 3.